The summed E-state index contributed by atoms with van der Waals surface area (Å²) in [5, 5.41) is 3.39. The predicted octanol–water partition coefficient (Wildman–Crippen LogP) is 0.975. The van der Waals surface area contributed by atoms with E-state index < -0.39 is 0 Å². The van der Waals surface area contributed by atoms with Gasteiger partial charge in [-0.1, -0.05) is 0 Å². The molecule has 18 heavy (non-hydrogen) atoms. The van der Waals surface area contributed by atoms with Crippen LogP contribution in [-0.2, 0) is 4.74 Å². The van der Waals surface area contributed by atoms with Gasteiger partial charge in [0, 0.05) is 25.7 Å². The second-order valence-corrected chi connectivity index (χ2v) is 4.60. The summed E-state index contributed by atoms with van der Waals surface area (Å²) < 4.78 is 4.72. The topological polar surface area (TPSA) is 54.5 Å². The number of carbonyl (C=O) groups excluding carboxylic acids is 1. The van der Waals surface area contributed by atoms with Crippen molar-refractivity contribution in [2.24, 2.45) is 0 Å². The Hall–Kier alpha value is -1.62. The van der Waals surface area contributed by atoms with Gasteiger partial charge in [-0.05, 0) is 26.0 Å². The van der Waals surface area contributed by atoms with Gasteiger partial charge in [-0.3, -0.25) is 0 Å². The Labute approximate surface area is 107 Å². The number of carbonyl (C=O) groups is 1. The standard InChI is InChI=1S/C13H19N3O2/c1-9-8-16(7-6-14-9)12-5-4-11(10(2)15-12)13(17)18-3/h4-5,9,14H,6-8H2,1-3H3/t9-/m1/s1. The summed E-state index contributed by atoms with van der Waals surface area (Å²) in [6.45, 7) is 6.82. The predicted molar refractivity (Wildman–Crippen MR) is 70.0 cm³/mol. The number of aromatic nitrogens is 1. The second kappa shape index (κ2) is 5.35. The lowest BCUT2D eigenvalue weighted by Gasteiger charge is -2.33. The molecule has 1 N–H and O–H groups in total. The molecule has 0 radical (unpaired) electrons. The molecule has 1 aliphatic rings. The van der Waals surface area contributed by atoms with Crippen molar-refractivity contribution >= 4 is 11.8 Å². The van der Waals surface area contributed by atoms with Crippen molar-refractivity contribution in [1.82, 2.24) is 10.3 Å². The number of nitrogens with zero attached hydrogens (tertiary/aromatic N) is 2. The summed E-state index contributed by atoms with van der Waals surface area (Å²) in [4.78, 5) is 18.2. The largest absolute Gasteiger partial charge is 0.465 e. The molecule has 5 nitrogen and oxygen atoms in total. The Bertz CT molecular complexity index is 448. The molecule has 1 saturated heterocycles. The smallest absolute Gasteiger partial charge is 0.339 e. The number of ether oxygens (including phenoxy) is 1. The van der Waals surface area contributed by atoms with Crippen LogP contribution >= 0.6 is 0 Å². The fraction of sp³-hybridized carbons (Fsp3) is 0.538. The lowest BCUT2D eigenvalue weighted by atomic mass is 10.2. The Kier molecular flexibility index (Phi) is 3.81. The van der Waals surface area contributed by atoms with E-state index in [2.05, 4.69) is 22.1 Å². The van der Waals surface area contributed by atoms with Crippen molar-refractivity contribution in [2.75, 3.05) is 31.6 Å². The van der Waals surface area contributed by atoms with Gasteiger partial charge in [0.2, 0.25) is 0 Å². The summed E-state index contributed by atoms with van der Waals surface area (Å²) in [6, 6.07) is 4.13. The Morgan fingerprint density at radius 2 is 2.33 bits per heavy atom. The molecule has 98 valence electrons. The van der Waals surface area contributed by atoms with Gasteiger partial charge in [0.1, 0.15) is 5.82 Å². The van der Waals surface area contributed by atoms with E-state index in [0.29, 0.717) is 17.3 Å². The van der Waals surface area contributed by atoms with E-state index in [1.807, 2.05) is 13.0 Å². The number of pyridine rings is 1. The van der Waals surface area contributed by atoms with Crippen molar-refractivity contribution in [3.63, 3.8) is 0 Å². The summed E-state index contributed by atoms with van der Waals surface area (Å²) in [5.74, 6) is 0.591. The minimum absolute atomic E-state index is 0.333. The van der Waals surface area contributed by atoms with Crippen LogP contribution in [0.15, 0.2) is 12.1 Å². The molecule has 1 aromatic heterocycles. The fourth-order valence-corrected chi connectivity index (χ4v) is 2.19. The monoisotopic (exact) mass is 249 g/mol. The van der Waals surface area contributed by atoms with Crippen molar-refractivity contribution < 1.29 is 9.53 Å². The summed E-state index contributed by atoms with van der Waals surface area (Å²) in [7, 11) is 1.38. The fourth-order valence-electron chi connectivity index (χ4n) is 2.19. The molecule has 0 aliphatic carbocycles. The van der Waals surface area contributed by atoms with Gasteiger partial charge in [-0.2, -0.15) is 0 Å². The summed E-state index contributed by atoms with van der Waals surface area (Å²) in [6.07, 6.45) is 0. The number of rotatable bonds is 2. The highest BCUT2D eigenvalue weighted by molar-refractivity contribution is 5.90. The van der Waals surface area contributed by atoms with Crippen LogP contribution in [0.3, 0.4) is 0 Å². The van der Waals surface area contributed by atoms with Crippen molar-refractivity contribution in [2.45, 2.75) is 19.9 Å². The molecule has 0 aromatic carbocycles. The van der Waals surface area contributed by atoms with E-state index in [4.69, 9.17) is 4.74 Å². The lowest BCUT2D eigenvalue weighted by molar-refractivity contribution is 0.0599. The zero-order valence-corrected chi connectivity index (χ0v) is 11.1. The maximum atomic E-state index is 11.5. The highest BCUT2D eigenvalue weighted by Gasteiger charge is 2.18. The van der Waals surface area contributed by atoms with Gasteiger partial charge in [0.15, 0.2) is 0 Å². The molecule has 2 rings (SSSR count). The van der Waals surface area contributed by atoms with Crippen LogP contribution in [0.4, 0.5) is 5.82 Å². The number of anilines is 1. The zero-order valence-electron chi connectivity index (χ0n) is 11.1. The zero-order chi connectivity index (χ0) is 13.1. The van der Waals surface area contributed by atoms with Crippen molar-refractivity contribution in [3.05, 3.63) is 23.4 Å². The highest BCUT2D eigenvalue weighted by Crippen LogP contribution is 2.17. The van der Waals surface area contributed by atoms with Crippen LogP contribution < -0.4 is 10.2 Å². The quantitative estimate of drug-likeness (QED) is 0.792. The third kappa shape index (κ3) is 2.61. The van der Waals surface area contributed by atoms with E-state index in [1.54, 1.807) is 6.07 Å². The highest BCUT2D eigenvalue weighted by atomic mass is 16.5. The average molecular weight is 249 g/mol. The average Bonchev–Trinajstić information content (AvgIpc) is 2.37. The van der Waals surface area contributed by atoms with Crippen LogP contribution in [0.25, 0.3) is 0 Å². The first kappa shape index (κ1) is 12.8. The lowest BCUT2D eigenvalue weighted by Crippen LogP contribution is -2.49. The molecule has 0 saturated carbocycles. The summed E-state index contributed by atoms with van der Waals surface area (Å²) in [5.41, 5.74) is 1.25. The van der Waals surface area contributed by atoms with Crippen molar-refractivity contribution in [1.29, 1.82) is 0 Å². The molecule has 0 amide bonds. The molecule has 1 atom stereocenters. The van der Waals surface area contributed by atoms with Gasteiger partial charge in [-0.15, -0.1) is 0 Å². The normalized spacial score (nSPS) is 19.7. The molecule has 5 heteroatoms. The number of aryl methyl sites for hydroxylation is 1. The van der Waals surface area contributed by atoms with E-state index in [-0.39, 0.29) is 5.97 Å². The number of piperazine rings is 1. The molecule has 1 fully saturated rings. The SMILES string of the molecule is COC(=O)c1ccc(N2CCN[C@H](C)C2)nc1C. The minimum atomic E-state index is -0.333. The van der Waals surface area contributed by atoms with Crippen LogP contribution in [-0.4, -0.2) is 43.7 Å². The van der Waals surface area contributed by atoms with Gasteiger partial charge < -0.3 is 15.0 Å². The first-order chi connectivity index (χ1) is 8.61. The third-order valence-electron chi connectivity index (χ3n) is 3.17. The van der Waals surface area contributed by atoms with Crippen LogP contribution in [0.5, 0.6) is 0 Å². The van der Waals surface area contributed by atoms with Crippen LogP contribution in [0.2, 0.25) is 0 Å². The molecule has 1 aliphatic heterocycles. The number of methoxy groups -OCH3 is 1. The van der Waals surface area contributed by atoms with E-state index in [1.165, 1.54) is 7.11 Å². The Morgan fingerprint density at radius 1 is 1.56 bits per heavy atom. The summed E-state index contributed by atoms with van der Waals surface area (Å²) >= 11 is 0. The molecule has 0 spiro atoms. The van der Waals surface area contributed by atoms with Gasteiger partial charge in [-0.25, -0.2) is 9.78 Å². The molecular weight excluding hydrogens is 230 g/mol. The molecule has 2 heterocycles. The van der Waals surface area contributed by atoms with Crippen LogP contribution in [0, 0.1) is 6.92 Å². The molecule has 0 bridgehead atoms. The first-order valence-corrected chi connectivity index (χ1v) is 6.16. The van der Waals surface area contributed by atoms with Crippen molar-refractivity contribution in [3.8, 4) is 0 Å². The van der Waals surface area contributed by atoms with Gasteiger partial charge in [0.25, 0.3) is 0 Å². The van der Waals surface area contributed by atoms with E-state index in [0.717, 1.165) is 25.5 Å². The molecule has 1 aromatic rings. The Balaban J connectivity index is 2.20. The maximum absolute atomic E-state index is 11.5. The number of nitrogens with one attached hydrogen (secondary N) is 1. The number of esters is 1. The van der Waals surface area contributed by atoms with Gasteiger partial charge >= 0.3 is 5.97 Å². The third-order valence-corrected chi connectivity index (χ3v) is 3.17. The number of hydrogen-bond acceptors (Lipinski definition) is 5. The van der Waals surface area contributed by atoms with E-state index in [9.17, 15) is 4.79 Å². The number of hydrogen-bond donors (Lipinski definition) is 1. The first-order valence-electron chi connectivity index (χ1n) is 6.16. The van der Waals surface area contributed by atoms with E-state index >= 15 is 0 Å². The Morgan fingerprint density at radius 3 is 2.94 bits per heavy atom. The second-order valence-electron chi connectivity index (χ2n) is 4.60. The molecule has 0 unspecified atom stereocenters. The van der Waals surface area contributed by atoms with Crippen LogP contribution in [0.1, 0.15) is 23.0 Å². The minimum Gasteiger partial charge on any atom is -0.465 e. The van der Waals surface area contributed by atoms with Gasteiger partial charge in [0.05, 0.1) is 18.4 Å². The molecular formula is C13H19N3O2. The maximum Gasteiger partial charge on any atom is 0.339 e.